The summed E-state index contributed by atoms with van der Waals surface area (Å²) in [6.07, 6.45) is 0. The van der Waals surface area contributed by atoms with Gasteiger partial charge in [0.05, 0.1) is 0 Å². The fourth-order valence-electron chi connectivity index (χ4n) is 0. The largest absolute Gasteiger partial charge is 0.412 e. The van der Waals surface area contributed by atoms with E-state index in [4.69, 9.17) is 0 Å². The Kier molecular flexibility index (Phi) is 310. The standard InChI is InChI=1S/Fe.Mg.H2O.Ti.V.2H/h;;1H2;;;;. The van der Waals surface area contributed by atoms with Gasteiger partial charge in [-0.25, -0.2) is 0 Å². The predicted octanol–water partition coefficient (Wildman–Crippen LogP) is -1.75. The van der Waals surface area contributed by atoms with E-state index in [1.807, 2.05) is 0 Å². The molecule has 0 aliphatic carbocycles. The molecule has 0 bridgehead atoms. The van der Waals surface area contributed by atoms with E-state index >= 15 is 0 Å². The summed E-state index contributed by atoms with van der Waals surface area (Å²) in [6.45, 7) is 0. The minimum absolute atomic E-state index is 0. The van der Waals surface area contributed by atoms with Crippen LogP contribution in [-0.2, 0) is 57.3 Å². The molecular weight excluding hydrogens is 195 g/mol. The van der Waals surface area contributed by atoms with E-state index in [9.17, 15) is 0 Å². The third-order valence-electron chi connectivity index (χ3n) is 0. The Morgan fingerprint density at radius 2 is 1.00 bits per heavy atom. The van der Waals surface area contributed by atoms with Crippen LogP contribution in [0.4, 0.5) is 0 Å². The number of rotatable bonds is 0. The molecule has 5 heavy (non-hydrogen) atoms. The first-order valence-electron chi connectivity index (χ1n) is 0. The second-order valence-electron chi connectivity index (χ2n) is 0. The fourth-order valence-corrected chi connectivity index (χ4v) is 0. The van der Waals surface area contributed by atoms with Crippen LogP contribution in [0.1, 0.15) is 0 Å². The molecule has 2 N–H and O–H groups in total. The van der Waals surface area contributed by atoms with Crippen LogP contribution in [0.2, 0.25) is 0 Å². The van der Waals surface area contributed by atoms with E-state index in [-0.39, 0.29) is 85.9 Å². The van der Waals surface area contributed by atoms with Crippen LogP contribution in [0.25, 0.3) is 0 Å². The Bertz CT molecular complexity index is 11.6. The zero-order chi connectivity index (χ0) is 0. The Morgan fingerprint density at radius 3 is 1.00 bits per heavy atom. The van der Waals surface area contributed by atoms with E-state index in [1.165, 1.54) is 0 Å². The van der Waals surface area contributed by atoms with E-state index < -0.39 is 0 Å². The molecule has 29 valence electrons. The van der Waals surface area contributed by atoms with Crippen molar-refractivity contribution < 1.29 is 62.8 Å². The van der Waals surface area contributed by atoms with Crippen LogP contribution in [0.5, 0.6) is 0 Å². The van der Waals surface area contributed by atoms with E-state index in [0.29, 0.717) is 0 Å². The van der Waals surface area contributed by atoms with Crippen LogP contribution >= 0.6 is 0 Å². The number of hydrogen-bond acceptors (Lipinski definition) is 0. The third kappa shape index (κ3) is 20.9. The molecule has 0 amide bonds. The van der Waals surface area contributed by atoms with Gasteiger partial charge in [-0.15, -0.1) is 0 Å². The summed E-state index contributed by atoms with van der Waals surface area (Å²) in [4.78, 5) is 0. The average Bonchev–Trinajstić information content (AvgIpc) is 0. The van der Waals surface area contributed by atoms with Gasteiger partial charge in [0.25, 0.3) is 0 Å². The first kappa shape index (κ1) is 49.9. The summed E-state index contributed by atoms with van der Waals surface area (Å²) in [5.41, 5.74) is 0. The Hall–Kier alpha value is 2.54. The minimum atomic E-state index is 0. The second kappa shape index (κ2) is 31.1. The van der Waals surface area contributed by atoms with Gasteiger partial charge in [-0.2, -0.15) is 0 Å². The molecule has 0 atom stereocenters. The first-order valence-corrected chi connectivity index (χ1v) is 0. The maximum atomic E-state index is 0. The molecule has 0 fully saturated rings. The van der Waals surface area contributed by atoms with Crippen molar-refractivity contribution in [2.45, 2.75) is 0 Å². The molecule has 0 aromatic heterocycles. The molecule has 0 aliphatic rings. The van der Waals surface area contributed by atoms with Gasteiger partial charge in [0, 0.05) is 57.3 Å². The van der Waals surface area contributed by atoms with Gasteiger partial charge in [0.1, 0.15) is 0 Å². The topological polar surface area (TPSA) is 31.5 Å². The molecule has 1 radical (unpaired) electrons. The monoisotopic (exact) mass is 199 g/mol. The molecule has 0 spiro atoms. The first-order chi connectivity index (χ1) is 0. The maximum Gasteiger partial charge on any atom is 0.316 e. The van der Waals surface area contributed by atoms with Crippen molar-refractivity contribution in [3.8, 4) is 0 Å². The van der Waals surface area contributed by atoms with Crippen molar-refractivity contribution in [2.75, 3.05) is 0 Å². The van der Waals surface area contributed by atoms with Crippen LogP contribution in [-0.4, -0.2) is 28.5 Å². The van der Waals surface area contributed by atoms with Crippen LogP contribution in [0, 0.1) is 0 Å². The smallest absolute Gasteiger partial charge is 0.316 e. The number of hydrogen-bond donors (Lipinski definition) is 0. The van der Waals surface area contributed by atoms with Gasteiger partial charge in [-0.05, 0) is 0 Å². The summed E-state index contributed by atoms with van der Waals surface area (Å²) in [6, 6.07) is 0. The minimum Gasteiger partial charge on any atom is -0.412 e. The molecule has 5 heteroatoms. The summed E-state index contributed by atoms with van der Waals surface area (Å²) < 4.78 is 0. The molecule has 0 aliphatic heterocycles. The van der Waals surface area contributed by atoms with Crippen molar-refractivity contribution in [2.24, 2.45) is 0 Å². The molecule has 0 rings (SSSR count). The van der Waals surface area contributed by atoms with E-state index in [2.05, 4.69) is 0 Å². The zero-order valence-electron chi connectivity index (χ0n) is 1.80. The van der Waals surface area contributed by atoms with Crippen molar-refractivity contribution in [3.05, 3.63) is 0 Å². The predicted molar refractivity (Wildman–Crippen MR) is 12.2 cm³/mol. The van der Waals surface area contributed by atoms with Crippen molar-refractivity contribution in [3.63, 3.8) is 0 Å². The van der Waals surface area contributed by atoms with Gasteiger partial charge < -0.3 is 5.48 Å². The molecule has 0 saturated heterocycles. The quantitative estimate of drug-likeness (QED) is 0.414. The van der Waals surface area contributed by atoms with Gasteiger partial charge >= 0.3 is 23.1 Å². The summed E-state index contributed by atoms with van der Waals surface area (Å²) >= 11 is 0. The van der Waals surface area contributed by atoms with Crippen molar-refractivity contribution >= 4 is 23.1 Å². The van der Waals surface area contributed by atoms with Crippen LogP contribution in [0.3, 0.4) is 0 Å². The molecule has 0 aromatic rings. The summed E-state index contributed by atoms with van der Waals surface area (Å²) in [5, 5.41) is 0. The Labute approximate surface area is 84.7 Å². The Morgan fingerprint density at radius 1 is 1.00 bits per heavy atom. The van der Waals surface area contributed by atoms with Crippen LogP contribution < -0.4 is 0 Å². The second-order valence-corrected chi connectivity index (χ2v) is 0. The van der Waals surface area contributed by atoms with Gasteiger partial charge in [-0.3, -0.25) is 0 Å². The van der Waals surface area contributed by atoms with E-state index in [1.54, 1.807) is 0 Å². The van der Waals surface area contributed by atoms with Gasteiger partial charge in [-0.1, -0.05) is 0 Å². The third-order valence-corrected chi connectivity index (χ3v) is 0. The Balaban J connectivity index is 0. The molecular formula is H4FeMgOTiV. The van der Waals surface area contributed by atoms with E-state index in [0.717, 1.165) is 0 Å². The summed E-state index contributed by atoms with van der Waals surface area (Å²) in [7, 11) is 0. The van der Waals surface area contributed by atoms with Gasteiger partial charge in [0.2, 0.25) is 0 Å². The molecule has 0 heterocycles. The molecule has 1 nitrogen and oxygen atoms in total. The molecule has 0 unspecified atom stereocenters. The average molecular weight is 199 g/mol. The molecule has 0 aromatic carbocycles. The summed E-state index contributed by atoms with van der Waals surface area (Å²) in [5.74, 6) is 0. The molecule has 0 saturated carbocycles. The van der Waals surface area contributed by atoms with Gasteiger partial charge in [0.15, 0.2) is 0 Å². The van der Waals surface area contributed by atoms with Crippen molar-refractivity contribution in [1.29, 1.82) is 0 Å². The van der Waals surface area contributed by atoms with Crippen LogP contribution in [0.15, 0.2) is 0 Å². The normalized spacial score (nSPS) is 0. The zero-order valence-corrected chi connectivity index (χ0v) is 5.86. The maximum absolute atomic E-state index is 0. The van der Waals surface area contributed by atoms with Crippen molar-refractivity contribution in [1.82, 2.24) is 0 Å². The SMILES string of the molecule is O.[Fe].[MgH2].[Ti].[V]. The fraction of sp³-hybridized carbons (Fsp3) is 0.